The highest BCUT2D eigenvalue weighted by atomic mass is 79.9. The summed E-state index contributed by atoms with van der Waals surface area (Å²) in [6.45, 7) is 5.20. The minimum atomic E-state index is -0.592. The van der Waals surface area contributed by atoms with E-state index in [2.05, 4.69) is 21.2 Å². The van der Waals surface area contributed by atoms with E-state index in [4.69, 9.17) is 10.5 Å². The second kappa shape index (κ2) is 5.06. The van der Waals surface area contributed by atoms with Crippen LogP contribution in [0.15, 0.2) is 16.6 Å². The maximum Gasteiger partial charge on any atom is 0.221 e. The molecule has 0 unspecified atom stereocenters. The predicted octanol–water partition coefficient (Wildman–Crippen LogP) is 2.61. The number of nitrogens with one attached hydrogen (secondary N) is 1. The molecule has 5 heteroatoms. The number of anilines is 1. The molecule has 0 bridgehead atoms. The number of carbonyl (C=O) groups is 1. The van der Waals surface area contributed by atoms with Gasteiger partial charge in [0.15, 0.2) is 0 Å². The van der Waals surface area contributed by atoms with Gasteiger partial charge in [0.25, 0.3) is 0 Å². The fourth-order valence-electron chi connectivity index (χ4n) is 1.66. The van der Waals surface area contributed by atoms with Crippen molar-refractivity contribution >= 4 is 27.5 Å². The molecule has 17 heavy (non-hydrogen) atoms. The van der Waals surface area contributed by atoms with Crippen LogP contribution in [0.25, 0.3) is 0 Å². The molecular formula is C12H17BrN2O2. The van der Waals surface area contributed by atoms with E-state index >= 15 is 0 Å². The van der Waals surface area contributed by atoms with Gasteiger partial charge in [-0.1, -0.05) is 15.9 Å². The largest absolute Gasteiger partial charge is 0.495 e. The van der Waals surface area contributed by atoms with Crippen LogP contribution in [0.1, 0.15) is 26.3 Å². The van der Waals surface area contributed by atoms with Crippen LogP contribution in [0.5, 0.6) is 5.75 Å². The van der Waals surface area contributed by atoms with Crippen LogP contribution >= 0.6 is 15.9 Å². The summed E-state index contributed by atoms with van der Waals surface area (Å²) in [7, 11) is 1.56. The highest BCUT2D eigenvalue weighted by Gasteiger charge is 2.25. The molecule has 0 heterocycles. The molecule has 94 valence electrons. The molecule has 1 rings (SSSR count). The number of ether oxygens (including phenoxy) is 1. The van der Waals surface area contributed by atoms with Crippen LogP contribution in [0.2, 0.25) is 0 Å². The summed E-state index contributed by atoms with van der Waals surface area (Å²) < 4.78 is 6.09. The number of methoxy groups -OCH3 is 1. The Morgan fingerprint density at radius 2 is 2.06 bits per heavy atom. The minimum absolute atomic E-state index is 0.160. The fourth-order valence-corrected chi connectivity index (χ4v) is 2.50. The number of amides is 1. The van der Waals surface area contributed by atoms with Crippen LogP contribution in [0.4, 0.5) is 5.69 Å². The van der Waals surface area contributed by atoms with Crippen molar-refractivity contribution in [2.24, 2.45) is 5.73 Å². The van der Waals surface area contributed by atoms with Gasteiger partial charge in [0, 0.05) is 22.5 Å². The Hall–Kier alpha value is -1.07. The van der Waals surface area contributed by atoms with Crippen molar-refractivity contribution in [1.82, 2.24) is 0 Å². The molecule has 0 aliphatic carbocycles. The lowest BCUT2D eigenvalue weighted by molar-refractivity contribution is -0.114. The van der Waals surface area contributed by atoms with E-state index in [0.717, 1.165) is 10.0 Å². The Balaban J connectivity index is 3.48. The molecule has 0 aliphatic rings. The Morgan fingerprint density at radius 3 is 2.47 bits per heavy atom. The Morgan fingerprint density at radius 1 is 1.47 bits per heavy atom. The van der Waals surface area contributed by atoms with Crippen LogP contribution < -0.4 is 15.8 Å². The molecule has 1 aromatic rings. The van der Waals surface area contributed by atoms with Crippen molar-refractivity contribution in [3.8, 4) is 5.75 Å². The van der Waals surface area contributed by atoms with E-state index in [9.17, 15) is 4.79 Å². The monoisotopic (exact) mass is 300 g/mol. The zero-order chi connectivity index (χ0) is 13.2. The third-order valence-electron chi connectivity index (χ3n) is 2.28. The molecule has 0 atom stereocenters. The average molecular weight is 301 g/mol. The maximum atomic E-state index is 11.2. The van der Waals surface area contributed by atoms with Gasteiger partial charge in [-0.05, 0) is 26.0 Å². The van der Waals surface area contributed by atoms with Crippen molar-refractivity contribution in [3.63, 3.8) is 0 Å². The third kappa shape index (κ3) is 3.20. The van der Waals surface area contributed by atoms with Gasteiger partial charge in [0.05, 0.1) is 12.8 Å². The Bertz CT molecular complexity index is 439. The highest BCUT2D eigenvalue weighted by molar-refractivity contribution is 9.10. The van der Waals surface area contributed by atoms with Gasteiger partial charge in [-0.2, -0.15) is 0 Å². The molecule has 4 nitrogen and oxygen atoms in total. The fraction of sp³-hybridized carbons (Fsp3) is 0.417. The third-order valence-corrected chi connectivity index (χ3v) is 2.94. The summed E-state index contributed by atoms with van der Waals surface area (Å²) in [4.78, 5) is 11.2. The van der Waals surface area contributed by atoms with Crippen molar-refractivity contribution in [2.75, 3.05) is 12.4 Å². The smallest absolute Gasteiger partial charge is 0.221 e. The number of nitrogens with two attached hydrogens (primary N) is 1. The molecule has 0 aliphatic heterocycles. The first-order valence-corrected chi connectivity index (χ1v) is 6.00. The molecule has 3 N–H and O–H groups in total. The van der Waals surface area contributed by atoms with Crippen molar-refractivity contribution < 1.29 is 9.53 Å². The SMILES string of the molecule is COc1ccc(Br)c(C(C)(C)N)c1NC(C)=O. The van der Waals surface area contributed by atoms with Crippen LogP contribution in [0.3, 0.4) is 0 Å². The number of halogens is 1. The van der Waals surface area contributed by atoms with Crippen LogP contribution in [0, 0.1) is 0 Å². The Labute approximate surface area is 110 Å². The first-order valence-electron chi connectivity index (χ1n) is 5.20. The van der Waals surface area contributed by atoms with Crippen molar-refractivity contribution in [3.05, 3.63) is 22.2 Å². The molecule has 0 aromatic heterocycles. The van der Waals surface area contributed by atoms with E-state index < -0.39 is 5.54 Å². The molecule has 0 saturated carbocycles. The van der Waals surface area contributed by atoms with Crippen molar-refractivity contribution in [1.29, 1.82) is 0 Å². The van der Waals surface area contributed by atoms with E-state index in [-0.39, 0.29) is 5.91 Å². The number of rotatable bonds is 3. The van der Waals surface area contributed by atoms with Gasteiger partial charge in [0.1, 0.15) is 5.75 Å². The second-order valence-electron chi connectivity index (χ2n) is 4.40. The zero-order valence-corrected chi connectivity index (χ0v) is 12.0. The predicted molar refractivity (Wildman–Crippen MR) is 72.2 cm³/mol. The topological polar surface area (TPSA) is 64.3 Å². The van der Waals surface area contributed by atoms with Crippen LogP contribution in [-0.4, -0.2) is 13.0 Å². The lowest BCUT2D eigenvalue weighted by Gasteiger charge is -2.25. The number of hydrogen-bond acceptors (Lipinski definition) is 3. The normalized spacial score (nSPS) is 11.2. The molecule has 1 aromatic carbocycles. The first-order chi connectivity index (χ1) is 7.77. The molecule has 1 amide bonds. The van der Waals surface area contributed by atoms with E-state index in [0.29, 0.717) is 11.4 Å². The minimum Gasteiger partial charge on any atom is -0.495 e. The molecule has 0 spiro atoms. The quantitative estimate of drug-likeness (QED) is 0.902. The number of carbonyl (C=O) groups excluding carboxylic acids is 1. The van der Waals surface area contributed by atoms with Crippen LogP contribution in [-0.2, 0) is 10.3 Å². The highest BCUT2D eigenvalue weighted by Crippen LogP contribution is 2.39. The van der Waals surface area contributed by atoms with E-state index in [1.165, 1.54) is 6.92 Å². The summed E-state index contributed by atoms with van der Waals surface area (Å²) in [5.74, 6) is 0.434. The van der Waals surface area contributed by atoms with Gasteiger partial charge in [-0.15, -0.1) is 0 Å². The zero-order valence-electron chi connectivity index (χ0n) is 10.4. The van der Waals surface area contributed by atoms with Crippen molar-refractivity contribution in [2.45, 2.75) is 26.3 Å². The summed E-state index contributed by atoms with van der Waals surface area (Å²) in [6, 6.07) is 3.64. The molecule has 0 fully saturated rings. The van der Waals surface area contributed by atoms with Gasteiger partial charge in [0.2, 0.25) is 5.91 Å². The number of hydrogen-bond donors (Lipinski definition) is 2. The average Bonchev–Trinajstić information content (AvgIpc) is 2.15. The van der Waals surface area contributed by atoms with E-state index in [1.807, 2.05) is 19.9 Å². The van der Waals surface area contributed by atoms with E-state index in [1.54, 1.807) is 13.2 Å². The Kier molecular flexibility index (Phi) is 4.16. The summed E-state index contributed by atoms with van der Waals surface area (Å²) in [6.07, 6.45) is 0. The van der Waals surface area contributed by atoms with Gasteiger partial charge >= 0.3 is 0 Å². The standard InChI is InChI=1S/C12H17BrN2O2/c1-7(16)15-11-9(17-4)6-5-8(13)10(11)12(2,3)14/h5-6H,14H2,1-4H3,(H,15,16). The number of benzene rings is 1. The lowest BCUT2D eigenvalue weighted by atomic mass is 9.93. The first kappa shape index (κ1) is 14.0. The summed E-state index contributed by atoms with van der Waals surface area (Å²) in [5, 5.41) is 2.77. The lowest BCUT2D eigenvalue weighted by Crippen LogP contribution is -2.31. The van der Waals surface area contributed by atoms with Gasteiger partial charge in [-0.25, -0.2) is 0 Å². The summed E-state index contributed by atoms with van der Waals surface area (Å²) >= 11 is 3.45. The summed E-state index contributed by atoms with van der Waals surface area (Å²) in [5.41, 5.74) is 6.95. The van der Waals surface area contributed by atoms with Gasteiger partial charge in [-0.3, -0.25) is 4.79 Å². The molecule has 0 saturated heterocycles. The molecular weight excluding hydrogens is 284 g/mol. The maximum absolute atomic E-state index is 11.2. The van der Waals surface area contributed by atoms with Gasteiger partial charge < -0.3 is 15.8 Å². The molecule has 0 radical (unpaired) electrons. The second-order valence-corrected chi connectivity index (χ2v) is 5.26.